The minimum absolute atomic E-state index is 0.0894. The number of benzene rings is 2. The maximum atomic E-state index is 13.9. The number of carbonyl (C=O) groups excluding carboxylic acids is 1. The normalized spacial score (nSPS) is 10.2. The molecule has 0 unspecified atom stereocenters. The van der Waals surface area contributed by atoms with Crippen molar-refractivity contribution in [1.29, 1.82) is 0 Å². The molecule has 0 heterocycles. The Labute approximate surface area is 121 Å². The van der Waals surface area contributed by atoms with E-state index in [9.17, 15) is 13.6 Å². The highest BCUT2D eigenvalue weighted by molar-refractivity contribution is 5.89. The molecule has 0 aliphatic rings. The first-order valence-corrected chi connectivity index (χ1v) is 6.45. The van der Waals surface area contributed by atoms with Gasteiger partial charge >= 0.3 is 5.97 Å². The zero-order valence-corrected chi connectivity index (χ0v) is 11.4. The van der Waals surface area contributed by atoms with E-state index in [0.29, 0.717) is 0 Å². The maximum Gasteiger partial charge on any atom is 0.341 e. The third-order valence-corrected chi connectivity index (χ3v) is 2.78. The zero-order chi connectivity index (χ0) is 15.2. The van der Waals surface area contributed by atoms with Crippen LogP contribution in [0.25, 0.3) is 0 Å². The van der Waals surface area contributed by atoms with Gasteiger partial charge in [-0.2, -0.15) is 4.39 Å². The minimum Gasteiger partial charge on any atom is -0.486 e. The summed E-state index contributed by atoms with van der Waals surface area (Å²) in [5.41, 5.74) is 0.383. The fourth-order valence-corrected chi connectivity index (χ4v) is 1.75. The second-order valence-electron chi connectivity index (χ2n) is 4.23. The molecule has 110 valence electrons. The lowest BCUT2D eigenvalue weighted by molar-refractivity contribution is 0.0519. The number of halogens is 2. The van der Waals surface area contributed by atoms with Gasteiger partial charge in [0.25, 0.3) is 0 Å². The minimum atomic E-state index is -1.26. The van der Waals surface area contributed by atoms with Gasteiger partial charge in [-0.25, -0.2) is 9.18 Å². The molecule has 0 N–H and O–H groups in total. The first-order chi connectivity index (χ1) is 10.1. The Balaban J connectivity index is 2.15. The molecule has 3 nitrogen and oxygen atoms in total. The van der Waals surface area contributed by atoms with Crippen molar-refractivity contribution in [3.63, 3.8) is 0 Å². The van der Waals surface area contributed by atoms with Gasteiger partial charge in [0.05, 0.1) is 12.2 Å². The van der Waals surface area contributed by atoms with E-state index in [1.807, 2.05) is 18.2 Å². The molecule has 0 radical (unpaired) electrons. The van der Waals surface area contributed by atoms with E-state index in [0.717, 1.165) is 11.6 Å². The van der Waals surface area contributed by atoms with Crippen LogP contribution in [0.15, 0.2) is 42.5 Å². The Hall–Kier alpha value is -2.43. The van der Waals surface area contributed by atoms with Gasteiger partial charge in [-0.15, -0.1) is 0 Å². The third kappa shape index (κ3) is 3.56. The number of esters is 1. The van der Waals surface area contributed by atoms with Crippen molar-refractivity contribution in [2.45, 2.75) is 13.5 Å². The van der Waals surface area contributed by atoms with Crippen LogP contribution in [0.2, 0.25) is 0 Å². The molecule has 0 atom stereocenters. The number of hydrogen-bond acceptors (Lipinski definition) is 3. The Kier molecular flexibility index (Phi) is 4.87. The SMILES string of the molecule is CCOC(=O)c1ccc(OCc2ccccc2)c(F)c1F. The van der Waals surface area contributed by atoms with Crippen LogP contribution in [0.3, 0.4) is 0 Å². The Morgan fingerprint density at radius 1 is 1.05 bits per heavy atom. The molecule has 0 aromatic heterocycles. The van der Waals surface area contributed by atoms with Crippen molar-refractivity contribution in [1.82, 2.24) is 0 Å². The standard InChI is InChI=1S/C16H14F2O3/c1-2-20-16(19)12-8-9-13(15(18)14(12)17)21-10-11-6-4-3-5-7-11/h3-9H,2,10H2,1H3. The summed E-state index contributed by atoms with van der Waals surface area (Å²) in [5, 5.41) is 0. The van der Waals surface area contributed by atoms with Crippen molar-refractivity contribution >= 4 is 5.97 Å². The zero-order valence-electron chi connectivity index (χ0n) is 11.4. The first kappa shape index (κ1) is 15.0. The van der Waals surface area contributed by atoms with Crippen molar-refractivity contribution in [3.8, 4) is 5.75 Å². The van der Waals surface area contributed by atoms with Gasteiger partial charge in [0.15, 0.2) is 11.6 Å². The van der Waals surface area contributed by atoms with Gasteiger partial charge in [0, 0.05) is 0 Å². The van der Waals surface area contributed by atoms with Gasteiger partial charge < -0.3 is 9.47 Å². The van der Waals surface area contributed by atoms with E-state index in [1.165, 1.54) is 6.07 Å². The average Bonchev–Trinajstić information content (AvgIpc) is 2.50. The van der Waals surface area contributed by atoms with Gasteiger partial charge in [0.2, 0.25) is 5.82 Å². The highest BCUT2D eigenvalue weighted by Crippen LogP contribution is 2.24. The summed E-state index contributed by atoms with van der Waals surface area (Å²) < 4.78 is 37.5. The predicted molar refractivity (Wildman–Crippen MR) is 73.1 cm³/mol. The summed E-state index contributed by atoms with van der Waals surface area (Å²) in [6.07, 6.45) is 0. The monoisotopic (exact) mass is 292 g/mol. The molecule has 2 rings (SSSR count). The number of carbonyl (C=O) groups is 1. The van der Waals surface area contributed by atoms with E-state index in [4.69, 9.17) is 4.74 Å². The number of ether oxygens (including phenoxy) is 2. The molecule has 2 aromatic carbocycles. The summed E-state index contributed by atoms with van der Waals surface area (Å²) in [5.74, 6) is -3.61. The Bertz CT molecular complexity index is 627. The quantitative estimate of drug-likeness (QED) is 0.788. The van der Waals surface area contributed by atoms with Gasteiger partial charge in [0.1, 0.15) is 6.61 Å². The molecule has 0 aliphatic carbocycles. The number of rotatable bonds is 5. The van der Waals surface area contributed by atoms with Gasteiger partial charge in [-0.3, -0.25) is 0 Å². The molecular weight excluding hydrogens is 278 g/mol. The summed E-state index contributed by atoms with van der Waals surface area (Å²) in [4.78, 5) is 11.4. The van der Waals surface area contributed by atoms with Crippen molar-refractivity contribution < 1.29 is 23.0 Å². The fourth-order valence-electron chi connectivity index (χ4n) is 1.75. The van der Waals surface area contributed by atoms with Crippen LogP contribution in [-0.2, 0) is 11.3 Å². The van der Waals surface area contributed by atoms with Crippen LogP contribution in [0, 0.1) is 11.6 Å². The topological polar surface area (TPSA) is 35.5 Å². The van der Waals surface area contributed by atoms with E-state index >= 15 is 0 Å². The lowest BCUT2D eigenvalue weighted by Gasteiger charge is -2.10. The van der Waals surface area contributed by atoms with Crippen LogP contribution in [0.5, 0.6) is 5.75 Å². The molecule has 0 saturated heterocycles. The van der Waals surface area contributed by atoms with Crippen LogP contribution in [-0.4, -0.2) is 12.6 Å². The van der Waals surface area contributed by atoms with E-state index in [-0.39, 0.29) is 19.0 Å². The third-order valence-electron chi connectivity index (χ3n) is 2.78. The molecule has 0 spiro atoms. The van der Waals surface area contributed by atoms with E-state index in [2.05, 4.69) is 4.74 Å². The summed E-state index contributed by atoms with van der Waals surface area (Å²) in [6, 6.07) is 11.5. The van der Waals surface area contributed by atoms with Crippen molar-refractivity contribution in [3.05, 3.63) is 65.2 Å². The lowest BCUT2D eigenvalue weighted by atomic mass is 10.2. The van der Waals surface area contributed by atoms with Gasteiger partial charge in [-0.1, -0.05) is 30.3 Å². The molecule has 21 heavy (non-hydrogen) atoms. The van der Waals surface area contributed by atoms with Crippen LogP contribution in [0.1, 0.15) is 22.8 Å². The first-order valence-electron chi connectivity index (χ1n) is 6.45. The second-order valence-corrected chi connectivity index (χ2v) is 4.23. The fraction of sp³-hybridized carbons (Fsp3) is 0.188. The summed E-state index contributed by atoms with van der Waals surface area (Å²) >= 11 is 0. The summed E-state index contributed by atoms with van der Waals surface area (Å²) in [6.45, 7) is 1.78. The highest BCUT2D eigenvalue weighted by Gasteiger charge is 2.20. The van der Waals surface area contributed by atoms with Crippen LogP contribution >= 0.6 is 0 Å². The second kappa shape index (κ2) is 6.83. The Morgan fingerprint density at radius 2 is 1.76 bits per heavy atom. The number of hydrogen-bond donors (Lipinski definition) is 0. The molecular formula is C16H14F2O3. The van der Waals surface area contributed by atoms with Crippen molar-refractivity contribution in [2.24, 2.45) is 0 Å². The summed E-state index contributed by atoms with van der Waals surface area (Å²) in [7, 11) is 0. The molecule has 2 aromatic rings. The lowest BCUT2D eigenvalue weighted by Crippen LogP contribution is -2.09. The van der Waals surface area contributed by atoms with E-state index < -0.39 is 23.2 Å². The van der Waals surface area contributed by atoms with E-state index in [1.54, 1.807) is 19.1 Å². The molecule has 5 heteroatoms. The van der Waals surface area contributed by atoms with Crippen LogP contribution < -0.4 is 4.74 Å². The Morgan fingerprint density at radius 3 is 2.43 bits per heavy atom. The largest absolute Gasteiger partial charge is 0.486 e. The molecule has 0 bridgehead atoms. The molecule has 0 aliphatic heterocycles. The highest BCUT2D eigenvalue weighted by atomic mass is 19.2. The molecule has 0 amide bonds. The van der Waals surface area contributed by atoms with Crippen molar-refractivity contribution in [2.75, 3.05) is 6.61 Å². The van der Waals surface area contributed by atoms with Gasteiger partial charge in [-0.05, 0) is 24.6 Å². The smallest absolute Gasteiger partial charge is 0.341 e. The molecule has 0 fully saturated rings. The van der Waals surface area contributed by atoms with Crippen LogP contribution in [0.4, 0.5) is 8.78 Å². The predicted octanol–water partition coefficient (Wildman–Crippen LogP) is 3.72. The molecule has 0 saturated carbocycles. The maximum absolute atomic E-state index is 13.9. The average molecular weight is 292 g/mol.